The molecule has 0 radical (unpaired) electrons. The highest BCUT2D eigenvalue weighted by Gasteiger charge is 2.25. The molecule has 2 rings (SSSR count). The van der Waals surface area contributed by atoms with E-state index in [9.17, 15) is 14.4 Å². The standard InChI is InChI=1S/C16H23N3O4/c1-16(2,6-5-13(20)21)18-14(22)11-9-12(17-10-11)15(23)19-7-3-4-8-19/h9-10,17H,3-8H2,1-2H3,(H,18,22)(H,20,21). The topological polar surface area (TPSA) is 102 Å². The van der Waals surface area contributed by atoms with Crippen LogP contribution in [0.15, 0.2) is 12.3 Å². The molecule has 0 aromatic carbocycles. The molecular formula is C16H23N3O4. The summed E-state index contributed by atoms with van der Waals surface area (Å²) < 4.78 is 0. The molecule has 7 nitrogen and oxygen atoms in total. The van der Waals surface area contributed by atoms with Crippen LogP contribution in [0.25, 0.3) is 0 Å². The van der Waals surface area contributed by atoms with Gasteiger partial charge in [-0.05, 0) is 39.2 Å². The number of hydrogen-bond acceptors (Lipinski definition) is 3. The predicted octanol–water partition coefficient (Wildman–Crippen LogP) is 1.62. The number of aromatic nitrogens is 1. The van der Waals surface area contributed by atoms with Gasteiger partial charge in [-0.3, -0.25) is 14.4 Å². The minimum Gasteiger partial charge on any atom is -0.481 e. The van der Waals surface area contributed by atoms with Gasteiger partial charge < -0.3 is 20.3 Å². The van der Waals surface area contributed by atoms with Crippen LogP contribution in [0.5, 0.6) is 0 Å². The number of H-pyrrole nitrogens is 1. The molecule has 1 aromatic heterocycles. The summed E-state index contributed by atoms with van der Waals surface area (Å²) in [6.45, 7) is 5.05. The van der Waals surface area contributed by atoms with Crippen LogP contribution in [0, 0.1) is 0 Å². The van der Waals surface area contributed by atoms with Gasteiger partial charge in [0.2, 0.25) is 0 Å². The van der Waals surface area contributed by atoms with Crippen molar-refractivity contribution in [2.45, 2.75) is 45.1 Å². The first-order valence-corrected chi connectivity index (χ1v) is 7.80. The highest BCUT2D eigenvalue weighted by atomic mass is 16.4. The molecule has 2 amide bonds. The van der Waals surface area contributed by atoms with Crippen LogP contribution >= 0.6 is 0 Å². The number of nitrogens with zero attached hydrogens (tertiary/aromatic N) is 1. The molecule has 7 heteroatoms. The Morgan fingerprint density at radius 2 is 1.96 bits per heavy atom. The maximum absolute atomic E-state index is 12.3. The molecule has 1 aromatic rings. The Morgan fingerprint density at radius 3 is 2.57 bits per heavy atom. The third kappa shape index (κ3) is 4.58. The molecule has 0 spiro atoms. The zero-order valence-electron chi connectivity index (χ0n) is 13.5. The van der Waals surface area contributed by atoms with E-state index in [1.165, 1.54) is 6.20 Å². The van der Waals surface area contributed by atoms with Crippen LogP contribution in [0.2, 0.25) is 0 Å². The first-order valence-electron chi connectivity index (χ1n) is 7.80. The van der Waals surface area contributed by atoms with E-state index >= 15 is 0 Å². The van der Waals surface area contributed by atoms with E-state index in [0.717, 1.165) is 25.9 Å². The van der Waals surface area contributed by atoms with E-state index < -0.39 is 11.5 Å². The lowest BCUT2D eigenvalue weighted by atomic mass is 9.98. The molecular weight excluding hydrogens is 298 g/mol. The summed E-state index contributed by atoms with van der Waals surface area (Å²) in [5.41, 5.74) is 0.141. The van der Waals surface area contributed by atoms with Gasteiger partial charge in [0.05, 0.1) is 5.56 Å². The third-order valence-corrected chi connectivity index (χ3v) is 3.98. The second-order valence-electron chi connectivity index (χ2n) is 6.53. The molecule has 1 aliphatic rings. The van der Waals surface area contributed by atoms with E-state index in [2.05, 4.69) is 10.3 Å². The Bertz CT molecular complexity index is 600. The molecule has 1 aliphatic heterocycles. The fraction of sp³-hybridized carbons (Fsp3) is 0.562. The summed E-state index contributed by atoms with van der Waals surface area (Å²) in [5.74, 6) is -1.31. The number of carbonyl (C=O) groups is 3. The number of aliphatic carboxylic acids is 1. The van der Waals surface area contributed by atoms with Crippen molar-refractivity contribution < 1.29 is 19.5 Å². The minimum absolute atomic E-state index is 0.0148. The number of rotatable bonds is 6. The van der Waals surface area contributed by atoms with Crippen LogP contribution < -0.4 is 5.32 Å². The molecule has 0 unspecified atom stereocenters. The minimum atomic E-state index is -0.896. The Morgan fingerprint density at radius 1 is 1.30 bits per heavy atom. The Labute approximate surface area is 135 Å². The van der Waals surface area contributed by atoms with Crippen molar-refractivity contribution in [2.75, 3.05) is 13.1 Å². The zero-order valence-corrected chi connectivity index (χ0v) is 13.5. The second-order valence-corrected chi connectivity index (χ2v) is 6.53. The van der Waals surface area contributed by atoms with E-state index in [0.29, 0.717) is 17.7 Å². The van der Waals surface area contributed by atoms with Gasteiger partial charge in [-0.2, -0.15) is 0 Å². The van der Waals surface area contributed by atoms with Crippen LogP contribution in [0.3, 0.4) is 0 Å². The van der Waals surface area contributed by atoms with Gasteiger partial charge in [-0.1, -0.05) is 0 Å². The van der Waals surface area contributed by atoms with E-state index in [1.54, 1.807) is 24.8 Å². The lowest BCUT2D eigenvalue weighted by Gasteiger charge is -2.25. The van der Waals surface area contributed by atoms with Crippen molar-refractivity contribution in [3.63, 3.8) is 0 Å². The van der Waals surface area contributed by atoms with Crippen LogP contribution in [0.1, 0.15) is 60.4 Å². The van der Waals surface area contributed by atoms with Crippen LogP contribution in [-0.4, -0.2) is 51.4 Å². The van der Waals surface area contributed by atoms with Crippen LogP contribution in [-0.2, 0) is 4.79 Å². The Hall–Kier alpha value is -2.31. The van der Waals surface area contributed by atoms with Gasteiger partial charge >= 0.3 is 5.97 Å². The maximum Gasteiger partial charge on any atom is 0.303 e. The second kappa shape index (κ2) is 6.85. The normalized spacial score (nSPS) is 14.8. The van der Waals surface area contributed by atoms with Gasteiger partial charge in [0, 0.05) is 31.2 Å². The number of nitrogens with one attached hydrogen (secondary N) is 2. The number of carbonyl (C=O) groups excluding carboxylic acids is 2. The number of carboxylic acid groups (broad SMARTS) is 1. The molecule has 3 N–H and O–H groups in total. The van der Waals surface area contributed by atoms with Crippen LogP contribution in [0.4, 0.5) is 0 Å². The van der Waals surface area contributed by atoms with Gasteiger partial charge in [0.1, 0.15) is 5.69 Å². The Kier molecular flexibility index (Phi) is 5.08. The molecule has 23 heavy (non-hydrogen) atoms. The Balaban J connectivity index is 1.97. The molecule has 1 fully saturated rings. The van der Waals surface area contributed by atoms with Gasteiger partial charge in [-0.15, -0.1) is 0 Å². The molecule has 0 saturated carbocycles. The number of aromatic amines is 1. The van der Waals surface area contributed by atoms with E-state index in [1.807, 2.05) is 0 Å². The van der Waals surface area contributed by atoms with Gasteiger partial charge in [0.25, 0.3) is 11.8 Å². The van der Waals surface area contributed by atoms with Crippen molar-refractivity contribution in [1.82, 2.24) is 15.2 Å². The van der Waals surface area contributed by atoms with E-state index in [4.69, 9.17) is 5.11 Å². The number of likely N-dealkylation sites (tertiary alicyclic amines) is 1. The fourth-order valence-corrected chi connectivity index (χ4v) is 2.60. The van der Waals surface area contributed by atoms with Gasteiger partial charge in [0.15, 0.2) is 0 Å². The number of carboxylic acids is 1. The quantitative estimate of drug-likeness (QED) is 0.741. The summed E-state index contributed by atoms with van der Waals surface area (Å²) in [7, 11) is 0. The lowest BCUT2D eigenvalue weighted by molar-refractivity contribution is -0.137. The van der Waals surface area contributed by atoms with Crippen molar-refractivity contribution in [3.05, 3.63) is 23.5 Å². The molecule has 126 valence electrons. The lowest BCUT2D eigenvalue weighted by Crippen LogP contribution is -2.43. The summed E-state index contributed by atoms with van der Waals surface area (Å²) in [4.78, 5) is 39.8. The van der Waals surface area contributed by atoms with Crippen molar-refractivity contribution in [2.24, 2.45) is 0 Å². The van der Waals surface area contributed by atoms with Crippen molar-refractivity contribution >= 4 is 17.8 Å². The molecule has 0 bridgehead atoms. The maximum atomic E-state index is 12.3. The highest BCUT2D eigenvalue weighted by molar-refractivity contribution is 5.99. The molecule has 0 atom stereocenters. The average molecular weight is 321 g/mol. The first kappa shape index (κ1) is 17.1. The zero-order chi connectivity index (χ0) is 17.0. The SMILES string of the molecule is CC(C)(CCC(=O)O)NC(=O)c1c[nH]c(C(=O)N2CCCC2)c1. The summed E-state index contributed by atoms with van der Waals surface area (Å²) in [6, 6.07) is 1.54. The highest BCUT2D eigenvalue weighted by Crippen LogP contribution is 2.15. The average Bonchev–Trinajstić information content (AvgIpc) is 3.15. The van der Waals surface area contributed by atoms with Gasteiger partial charge in [-0.25, -0.2) is 0 Å². The summed E-state index contributed by atoms with van der Waals surface area (Å²) in [6.07, 6.45) is 3.85. The largest absolute Gasteiger partial charge is 0.481 e. The third-order valence-electron chi connectivity index (χ3n) is 3.98. The first-order chi connectivity index (χ1) is 10.8. The predicted molar refractivity (Wildman–Crippen MR) is 84.3 cm³/mol. The summed E-state index contributed by atoms with van der Waals surface area (Å²) >= 11 is 0. The fourth-order valence-electron chi connectivity index (χ4n) is 2.60. The monoisotopic (exact) mass is 321 g/mol. The smallest absolute Gasteiger partial charge is 0.303 e. The summed E-state index contributed by atoms with van der Waals surface area (Å²) in [5, 5.41) is 11.5. The molecule has 0 aliphatic carbocycles. The van der Waals surface area contributed by atoms with Crippen molar-refractivity contribution in [1.29, 1.82) is 0 Å². The molecule has 1 saturated heterocycles. The molecule has 2 heterocycles. The number of hydrogen-bond donors (Lipinski definition) is 3. The van der Waals surface area contributed by atoms with E-state index in [-0.39, 0.29) is 18.2 Å². The van der Waals surface area contributed by atoms with Crippen molar-refractivity contribution in [3.8, 4) is 0 Å². The number of amides is 2.